The van der Waals surface area contributed by atoms with Crippen LogP contribution in [-0.4, -0.2) is 24.4 Å². The maximum absolute atomic E-state index is 12.9. The average molecular weight is 411 g/mol. The molecule has 0 saturated carbocycles. The SMILES string of the molecule is COc1ccc(S(=O)(=O)n2ccc3cc(Br)ccc32)cc1[N+](=O)[O-]. The van der Waals surface area contributed by atoms with E-state index in [9.17, 15) is 18.5 Å². The van der Waals surface area contributed by atoms with Crippen molar-refractivity contribution in [3.63, 3.8) is 0 Å². The number of benzene rings is 2. The van der Waals surface area contributed by atoms with E-state index in [1.807, 2.05) is 0 Å². The Labute approximate surface area is 145 Å². The maximum Gasteiger partial charge on any atom is 0.312 e. The van der Waals surface area contributed by atoms with Crippen LogP contribution in [0.4, 0.5) is 5.69 Å². The third-order valence-electron chi connectivity index (χ3n) is 3.52. The molecule has 0 fully saturated rings. The molecule has 0 amide bonds. The lowest BCUT2D eigenvalue weighted by Crippen LogP contribution is -2.12. The molecule has 0 spiro atoms. The lowest BCUT2D eigenvalue weighted by Gasteiger charge is -2.09. The summed E-state index contributed by atoms with van der Waals surface area (Å²) in [5, 5.41) is 11.8. The van der Waals surface area contributed by atoms with Crippen molar-refractivity contribution in [3.05, 3.63) is 63.2 Å². The van der Waals surface area contributed by atoms with Crippen LogP contribution in [-0.2, 0) is 10.0 Å². The Hall–Kier alpha value is -2.39. The second kappa shape index (κ2) is 5.91. The number of nitro benzene ring substituents is 1. The van der Waals surface area contributed by atoms with E-state index in [0.29, 0.717) is 5.52 Å². The van der Waals surface area contributed by atoms with E-state index in [0.717, 1.165) is 19.9 Å². The molecule has 0 aliphatic rings. The summed E-state index contributed by atoms with van der Waals surface area (Å²) in [6.45, 7) is 0. The lowest BCUT2D eigenvalue weighted by molar-refractivity contribution is -0.386. The van der Waals surface area contributed by atoms with Crippen molar-refractivity contribution in [1.82, 2.24) is 3.97 Å². The fourth-order valence-electron chi connectivity index (χ4n) is 2.38. The molecule has 0 bridgehead atoms. The minimum absolute atomic E-state index is 0.000227. The number of methoxy groups -OCH3 is 1. The second-order valence-electron chi connectivity index (χ2n) is 4.91. The quantitative estimate of drug-likeness (QED) is 0.484. The molecule has 9 heteroatoms. The van der Waals surface area contributed by atoms with E-state index in [1.165, 1.54) is 25.4 Å². The van der Waals surface area contributed by atoms with Crippen molar-refractivity contribution in [2.45, 2.75) is 4.90 Å². The largest absolute Gasteiger partial charge is 0.490 e. The Morgan fingerprint density at radius 3 is 2.58 bits per heavy atom. The Morgan fingerprint density at radius 1 is 1.17 bits per heavy atom. The minimum atomic E-state index is -3.97. The van der Waals surface area contributed by atoms with Crippen LogP contribution in [0.15, 0.2) is 58.0 Å². The Balaban J connectivity index is 2.20. The topological polar surface area (TPSA) is 91.4 Å². The Bertz CT molecular complexity index is 1060. The van der Waals surface area contributed by atoms with Crippen LogP contribution in [0.5, 0.6) is 5.75 Å². The number of halogens is 1. The van der Waals surface area contributed by atoms with Crippen LogP contribution < -0.4 is 4.74 Å². The van der Waals surface area contributed by atoms with Crippen LogP contribution in [0.3, 0.4) is 0 Å². The highest BCUT2D eigenvalue weighted by atomic mass is 79.9. The monoisotopic (exact) mass is 410 g/mol. The molecule has 0 radical (unpaired) electrons. The van der Waals surface area contributed by atoms with Gasteiger partial charge in [-0.05, 0) is 36.4 Å². The number of aromatic nitrogens is 1. The van der Waals surface area contributed by atoms with Gasteiger partial charge in [-0.15, -0.1) is 0 Å². The van der Waals surface area contributed by atoms with Crippen LogP contribution in [0.1, 0.15) is 0 Å². The molecule has 0 aliphatic heterocycles. The Morgan fingerprint density at radius 2 is 1.92 bits per heavy atom. The summed E-state index contributed by atoms with van der Waals surface area (Å²) in [5.74, 6) is 0.000227. The Kier molecular flexibility index (Phi) is 4.06. The van der Waals surface area contributed by atoms with Gasteiger partial charge in [0, 0.05) is 22.1 Å². The smallest absolute Gasteiger partial charge is 0.312 e. The maximum atomic E-state index is 12.9. The van der Waals surface area contributed by atoms with Gasteiger partial charge in [-0.2, -0.15) is 0 Å². The summed E-state index contributed by atoms with van der Waals surface area (Å²) in [6.07, 6.45) is 1.42. The highest BCUT2D eigenvalue weighted by Gasteiger charge is 2.24. The summed E-state index contributed by atoms with van der Waals surface area (Å²) in [4.78, 5) is 10.3. The molecule has 3 aromatic rings. The van der Waals surface area contributed by atoms with Gasteiger partial charge in [0.05, 0.1) is 22.4 Å². The summed E-state index contributed by atoms with van der Waals surface area (Å²) in [7, 11) is -2.69. The van der Waals surface area contributed by atoms with Gasteiger partial charge in [0.25, 0.3) is 10.0 Å². The van der Waals surface area contributed by atoms with Crippen LogP contribution in [0.2, 0.25) is 0 Å². The van der Waals surface area contributed by atoms with Gasteiger partial charge in [-0.3, -0.25) is 10.1 Å². The predicted molar refractivity (Wildman–Crippen MR) is 91.9 cm³/mol. The predicted octanol–water partition coefficient (Wildman–Crippen LogP) is 3.56. The lowest BCUT2D eigenvalue weighted by atomic mass is 10.3. The molecular formula is C15H11BrN2O5S. The van der Waals surface area contributed by atoms with Gasteiger partial charge in [-0.25, -0.2) is 12.4 Å². The molecule has 1 heterocycles. The average Bonchev–Trinajstić information content (AvgIpc) is 2.97. The van der Waals surface area contributed by atoms with E-state index in [4.69, 9.17) is 4.74 Å². The number of nitrogens with zero attached hydrogens (tertiary/aromatic N) is 2. The van der Waals surface area contributed by atoms with Crippen LogP contribution >= 0.6 is 15.9 Å². The first-order valence-corrected chi connectivity index (χ1v) is 8.92. The second-order valence-corrected chi connectivity index (χ2v) is 7.64. The highest BCUT2D eigenvalue weighted by Crippen LogP contribution is 2.31. The number of rotatable bonds is 4. The number of fused-ring (bicyclic) bond motifs is 1. The van der Waals surface area contributed by atoms with Crippen LogP contribution in [0, 0.1) is 10.1 Å². The van der Waals surface area contributed by atoms with Crippen molar-refractivity contribution in [3.8, 4) is 5.75 Å². The summed E-state index contributed by atoms with van der Waals surface area (Å²) in [6, 6.07) is 10.4. The van der Waals surface area contributed by atoms with Crippen molar-refractivity contribution < 1.29 is 18.1 Å². The molecule has 124 valence electrons. The zero-order valence-corrected chi connectivity index (χ0v) is 14.7. The van der Waals surface area contributed by atoms with Gasteiger partial charge in [0.2, 0.25) is 0 Å². The van der Waals surface area contributed by atoms with Crippen molar-refractivity contribution in [2.75, 3.05) is 7.11 Å². The molecule has 24 heavy (non-hydrogen) atoms. The number of hydrogen-bond acceptors (Lipinski definition) is 5. The molecule has 0 N–H and O–H groups in total. The number of ether oxygens (including phenoxy) is 1. The first kappa shape index (κ1) is 16.5. The highest BCUT2D eigenvalue weighted by molar-refractivity contribution is 9.10. The van der Waals surface area contributed by atoms with Gasteiger partial charge in [-0.1, -0.05) is 15.9 Å². The standard InChI is InChI=1S/C15H11BrN2O5S/c1-23-15-5-3-12(9-14(15)18(19)20)24(21,22)17-7-6-10-8-11(16)2-4-13(10)17/h2-9H,1H3. The summed E-state index contributed by atoms with van der Waals surface area (Å²) >= 11 is 3.33. The number of nitro groups is 1. The van der Waals surface area contributed by atoms with E-state index in [-0.39, 0.29) is 10.6 Å². The molecular weight excluding hydrogens is 400 g/mol. The number of hydrogen-bond donors (Lipinski definition) is 0. The molecule has 0 saturated heterocycles. The van der Waals surface area contributed by atoms with Gasteiger partial charge in [0.15, 0.2) is 5.75 Å². The van der Waals surface area contributed by atoms with Gasteiger partial charge >= 0.3 is 5.69 Å². The summed E-state index contributed by atoms with van der Waals surface area (Å²) in [5.41, 5.74) is 0.0782. The molecule has 2 aromatic carbocycles. The van der Waals surface area contributed by atoms with E-state index >= 15 is 0 Å². The first-order chi connectivity index (χ1) is 11.3. The van der Waals surface area contributed by atoms with Crippen molar-refractivity contribution in [1.29, 1.82) is 0 Å². The normalized spacial score (nSPS) is 11.6. The van der Waals surface area contributed by atoms with Crippen molar-refractivity contribution >= 4 is 42.5 Å². The molecule has 7 nitrogen and oxygen atoms in total. The van der Waals surface area contributed by atoms with E-state index in [1.54, 1.807) is 24.3 Å². The molecule has 0 unspecified atom stereocenters. The third kappa shape index (κ3) is 2.65. The van der Waals surface area contributed by atoms with Crippen LogP contribution in [0.25, 0.3) is 10.9 Å². The van der Waals surface area contributed by atoms with E-state index in [2.05, 4.69) is 15.9 Å². The van der Waals surface area contributed by atoms with Gasteiger partial charge < -0.3 is 4.74 Å². The third-order valence-corrected chi connectivity index (χ3v) is 5.70. The first-order valence-electron chi connectivity index (χ1n) is 6.69. The van der Waals surface area contributed by atoms with Gasteiger partial charge in [0.1, 0.15) is 0 Å². The minimum Gasteiger partial charge on any atom is -0.490 e. The zero-order chi connectivity index (χ0) is 17.5. The summed E-state index contributed by atoms with van der Waals surface area (Å²) < 4.78 is 32.5. The van der Waals surface area contributed by atoms with Crippen molar-refractivity contribution in [2.24, 2.45) is 0 Å². The molecule has 0 atom stereocenters. The molecule has 3 rings (SSSR count). The zero-order valence-electron chi connectivity index (χ0n) is 12.3. The van der Waals surface area contributed by atoms with E-state index < -0.39 is 20.6 Å². The fourth-order valence-corrected chi connectivity index (χ4v) is 4.14. The molecule has 1 aromatic heterocycles. The molecule has 0 aliphatic carbocycles. The fraction of sp³-hybridized carbons (Fsp3) is 0.0667.